The molecule has 21 heavy (non-hydrogen) atoms. The van der Waals surface area contributed by atoms with Crippen molar-refractivity contribution >= 4 is 22.3 Å². The molecule has 0 unspecified atom stereocenters. The molecule has 4 rings (SSSR count). The highest BCUT2D eigenvalue weighted by molar-refractivity contribution is 6.00. The summed E-state index contributed by atoms with van der Waals surface area (Å²) in [6.45, 7) is 2.04. The minimum absolute atomic E-state index is 0.156. The normalized spacial score (nSPS) is 19.0. The summed E-state index contributed by atoms with van der Waals surface area (Å²) in [6, 6.07) is 5.82. The van der Waals surface area contributed by atoms with E-state index >= 15 is 0 Å². The van der Waals surface area contributed by atoms with Crippen molar-refractivity contribution in [1.29, 1.82) is 0 Å². The SMILES string of the molecule is Fc1cccc2c(N3CCCCC3)ncc(NC3CC3)c12. The number of anilines is 2. The summed E-state index contributed by atoms with van der Waals surface area (Å²) >= 11 is 0. The molecule has 0 atom stereocenters. The Labute approximate surface area is 124 Å². The number of fused-ring (bicyclic) bond motifs is 1. The number of pyridine rings is 1. The zero-order chi connectivity index (χ0) is 14.2. The molecule has 110 valence electrons. The molecule has 2 fully saturated rings. The Kier molecular flexibility index (Phi) is 3.17. The lowest BCUT2D eigenvalue weighted by molar-refractivity contribution is 0.574. The van der Waals surface area contributed by atoms with Crippen LogP contribution in [-0.2, 0) is 0 Å². The van der Waals surface area contributed by atoms with E-state index in [4.69, 9.17) is 0 Å². The predicted molar refractivity (Wildman–Crippen MR) is 84.4 cm³/mol. The summed E-state index contributed by atoms with van der Waals surface area (Å²) in [5.74, 6) is 0.779. The van der Waals surface area contributed by atoms with Gasteiger partial charge in [0, 0.05) is 29.9 Å². The monoisotopic (exact) mass is 285 g/mol. The largest absolute Gasteiger partial charge is 0.380 e. The minimum Gasteiger partial charge on any atom is -0.380 e. The molecule has 2 aromatic rings. The standard InChI is InChI=1S/C17H20FN3/c18-14-6-4-5-13-16(14)15(20-12-7-8-12)11-19-17(13)21-9-2-1-3-10-21/h4-6,11-12,20H,1-3,7-10H2. The molecule has 0 bridgehead atoms. The molecule has 1 aromatic carbocycles. The van der Waals surface area contributed by atoms with Crippen molar-refractivity contribution in [2.75, 3.05) is 23.3 Å². The zero-order valence-corrected chi connectivity index (χ0v) is 12.1. The molecule has 1 aliphatic heterocycles. The summed E-state index contributed by atoms with van der Waals surface area (Å²) in [6.07, 6.45) is 7.83. The average molecular weight is 285 g/mol. The first-order chi connectivity index (χ1) is 10.3. The van der Waals surface area contributed by atoms with Crippen LogP contribution >= 0.6 is 0 Å². The number of hydrogen-bond acceptors (Lipinski definition) is 3. The van der Waals surface area contributed by atoms with Crippen LogP contribution in [0.15, 0.2) is 24.4 Å². The number of benzene rings is 1. The first-order valence-electron chi connectivity index (χ1n) is 7.91. The fourth-order valence-corrected chi connectivity index (χ4v) is 3.16. The maximum atomic E-state index is 14.4. The molecule has 3 nitrogen and oxygen atoms in total. The third-order valence-corrected chi connectivity index (χ3v) is 4.43. The van der Waals surface area contributed by atoms with Crippen molar-refractivity contribution in [2.45, 2.75) is 38.1 Å². The van der Waals surface area contributed by atoms with Gasteiger partial charge in [0.05, 0.1) is 11.9 Å². The minimum atomic E-state index is -0.156. The van der Waals surface area contributed by atoms with Crippen LogP contribution in [0.2, 0.25) is 0 Å². The Balaban J connectivity index is 1.82. The maximum Gasteiger partial charge on any atom is 0.136 e. The van der Waals surface area contributed by atoms with Crippen LogP contribution in [0, 0.1) is 5.82 Å². The van der Waals surface area contributed by atoms with Crippen LogP contribution in [-0.4, -0.2) is 24.1 Å². The molecule has 4 heteroatoms. The van der Waals surface area contributed by atoms with E-state index in [-0.39, 0.29) is 5.82 Å². The van der Waals surface area contributed by atoms with E-state index in [1.54, 1.807) is 12.1 Å². The van der Waals surface area contributed by atoms with Gasteiger partial charge in [0.25, 0.3) is 0 Å². The van der Waals surface area contributed by atoms with E-state index in [9.17, 15) is 4.39 Å². The number of aromatic nitrogens is 1. The number of piperidine rings is 1. The molecule has 2 heterocycles. The Bertz CT molecular complexity index is 660. The first kappa shape index (κ1) is 12.9. The third-order valence-electron chi connectivity index (χ3n) is 4.43. The molecule has 1 aromatic heterocycles. The fourth-order valence-electron chi connectivity index (χ4n) is 3.16. The second kappa shape index (κ2) is 5.17. The lowest BCUT2D eigenvalue weighted by Crippen LogP contribution is -2.30. The first-order valence-corrected chi connectivity index (χ1v) is 7.91. The number of nitrogens with one attached hydrogen (secondary N) is 1. The molecular formula is C17H20FN3. The third kappa shape index (κ3) is 2.43. The van der Waals surface area contributed by atoms with Crippen molar-refractivity contribution in [3.8, 4) is 0 Å². The Hall–Kier alpha value is -1.84. The second-order valence-electron chi connectivity index (χ2n) is 6.12. The molecular weight excluding hydrogens is 265 g/mol. The molecule has 2 aliphatic rings. The van der Waals surface area contributed by atoms with E-state index < -0.39 is 0 Å². The van der Waals surface area contributed by atoms with E-state index in [1.807, 2.05) is 12.3 Å². The molecule has 1 N–H and O–H groups in total. The van der Waals surface area contributed by atoms with Gasteiger partial charge in [-0.15, -0.1) is 0 Å². The molecule has 0 spiro atoms. The maximum absolute atomic E-state index is 14.4. The number of nitrogens with zero attached hydrogens (tertiary/aromatic N) is 2. The smallest absolute Gasteiger partial charge is 0.136 e. The summed E-state index contributed by atoms with van der Waals surface area (Å²) < 4.78 is 14.4. The zero-order valence-electron chi connectivity index (χ0n) is 12.1. The van der Waals surface area contributed by atoms with E-state index in [0.29, 0.717) is 11.4 Å². The predicted octanol–water partition coefficient (Wildman–Crippen LogP) is 3.94. The quantitative estimate of drug-likeness (QED) is 0.926. The molecule has 1 aliphatic carbocycles. The fraction of sp³-hybridized carbons (Fsp3) is 0.471. The Morgan fingerprint density at radius 2 is 1.95 bits per heavy atom. The Morgan fingerprint density at radius 1 is 1.14 bits per heavy atom. The van der Waals surface area contributed by atoms with Gasteiger partial charge in [-0.1, -0.05) is 12.1 Å². The van der Waals surface area contributed by atoms with Crippen molar-refractivity contribution in [1.82, 2.24) is 4.98 Å². The van der Waals surface area contributed by atoms with Gasteiger partial charge in [-0.3, -0.25) is 0 Å². The van der Waals surface area contributed by atoms with Crippen LogP contribution in [0.4, 0.5) is 15.9 Å². The highest BCUT2D eigenvalue weighted by atomic mass is 19.1. The van der Waals surface area contributed by atoms with Gasteiger partial charge in [-0.2, -0.15) is 0 Å². The summed E-state index contributed by atoms with van der Waals surface area (Å²) in [5, 5.41) is 5.04. The van der Waals surface area contributed by atoms with Crippen molar-refractivity contribution in [3.05, 3.63) is 30.2 Å². The Morgan fingerprint density at radius 3 is 2.71 bits per heavy atom. The van der Waals surface area contributed by atoms with E-state index in [0.717, 1.165) is 30.0 Å². The van der Waals surface area contributed by atoms with E-state index in [2.05, 4.69) is 15.2 Å². The van der Waals surface area contributed by atoms with Gasteiger partial charge >= 0.3 is 0 Å². The van der Waals surface area contributed by atoms with Crippen LogP contribution in [0.1, 0.15) is 32.1 Å². The van der Waals surface area contributed by atoms with Crippen LogP contribution in [0.25, 0.3) is 10.8 Å². The summed E-state index contributed by atoms with van der Waals surface area (Å²) in [5.41, 5.74) is 0.839. The van der Waals surface area contributed by atoms with Crippen LogP contribution < -0.4 is 10.2 Å². The second-order valence-corrected chi connectivity index (χ2v) is 6.12. The van der Waals surface area contributed by atoms with Crippen molar-refractivity contribution in [3.63, 3.8) is 0 Å². The number of halogens is 1. The van der Waals surface area contributed by atoms with Gasteiger partial charge < -0.3 is 10.2 Å². The lowest BCUT2D eigenvalue weighted by atomic mass is 10.1. The molecule has 0 amide bonds. The lowest BCUT2D eigenvalue weighted by Gasteiger charge is -2.29. The summed E-state index contributed by atoms with van der Waals surface area (Å²) in [4.78, 5) is 6.95. The topological polar surface area (TPSA) is 28.2 Å². The highest BCUT2D eigenvalue weighted by Crippen LogP contribution is 2.35. The average Bonchev–Trinajstić information content (AvgIpc) is 3.32. The van der Waals surface area contributed by atoms with E-state index in [1.165, 1.54) is 32.1 Å². The molecule has 1 saturated carbocycles. The number of rotatable bonds is 3. The van der Waals surface area contributed by atoms with Gasteiger partial charge in [0.1, 0.15) is 11.6 Å². The number of hydrogen-bond donors (Lipinski definition) is 1. The van der Waals surface area contributed by atoms with Crippen LogP contribution in [0.3, 0.4) is 0 Å². The highest BCUT2D eigenvalue weighted by Gasteiger charge is 2.24. The van der Waals surface area contributed by atoms with Crippen molar-refractivity contribution in [2.24, 2.45) is 0 Å². The molecule has 1 saturated heterocycles. The van der Waals surface area contributed by atoms with Gasteiger partial charge in [-0.25, -0.2) is 9.37 Å². The van der Waals surface area contributed by atoms with Crippen LogP contribution in [0.5, 0.6) is 0 Å². The van der Waals surface area contributed by atoms with Crippen molar-refractivity contribution < 1.29 is 4.39 Å². The van der Waals surface area contributed by atoms with Gasteiger partial charge in [0.15, 0.2) is 0 Å². The molecule has 0 radical (unpaired) electrons. The summed E-state index contributed by atoms with van der Waals surface area (Å²) in [7, 11) is 0. The van der Waals surface area contributed by atoms with Gasteiger partial charge in [0.2, 0.25) is 0 Å². The van der Waals surface area contributed by atoms with Gasteiger partial charge in [-0.05, 0) is 38.2 Å².